The summed E-state index contributed by atoms with van der Waals surface area (Å²) in [6.07, 6.45) is 2.57. The maximum absolute atomic E-state index is 10.3. The van der Waals surface area contributed by atoms with Crippen molar-refractivity contribution in [1.29, 1.82) is 0 Å². The average Bonchev–Trinajstić information content (AvgIpc) is 2.54. The van der Waals surface area contributed by atoms with Crippen LogP contribution in [0.4, 0.5) is 0 Å². The van der Waals surface area contributed by atoms with Crippen molar-refractivity contribution in [2.24, 2.45) is 5.92 Å². The van der Waals surface area contributed by atoms with Gasteiger partial charge in [0.05, 0.1) is 19.6 Å². The molecule has 3 atom stereocenters. The zero-order valence-corrected chi connectivity index (χ0v) is 10.5. The predicted molar refractivity (Wildman–Crippen MR) is 62.5 cm³/mol. The molecule has 0 amide bonds. The average molecular weight is 229 g/mol. The Bertz CT molecular complexity index is 232. The summed E-state index contributed by atoms with van der Waals surface area (Å²) in [6, 6.07) is 1.24. The van der Waals surface area contributed by atoms with E-state index in [0.717, 1.165) is 0 Å². The van der Waals surface area contributed by atoms with Crippen molar-refractivity contribution in [3.8, 4) is 0 Å². The van der Waals surface area contributed by atoms with Gasteiger partial charge in [-0.1, -0.05) is 6.92 Å². The summed E-state index contributed by atoms with van der Waals surface area (Å²) in [4.78, 5) is 12.7. The Morgan fingerprint density at radius 1 is 1.56 bits per heavy atom. The number of likely N-dealkylation sites (tertiary alicyclic amines) is 1. The molecule has 0 aromatic rings. The van der Waals surface area contributed by atoms with Crippen LogP contribution in [-0.4, -0.2) is 48.3 Å². The lowest BCUT2D eigenvalue weighted by Crippen LogP contribution is -2.36. The van der Waals surface area contributed by atoms with Crippen molar-refractivity contribution in [2.45, 2.75) is 45.2 Å². The van der Waals surface area contributed by atoms with Gasteiger partial charge in [0.1, 0.15) is 0 Å². The van der Waals surface area contributed by atoms with Crippen molar-refractivity contribution < 1.29 is 14.6 Å². The van der Waals surface area contributed by atoms with Crippen LogP contribution in [0.2, 0.25) is 0 Å². The first-order chi connectivity index (χ1) is 7.52. The van der Waals surface area contributed by atoms with E-state index in [1.807, 2.05) is 0 Å². The third-order valence-electron chi connectivity index (χ3n) is 3.60. The molecule has 0 aromatic heterocycles. The fourth-order valence-corrected chi connectivity index (χ4v) is 2.37. The number of hydrogen-bond acceptors (Lipinski definition) is 3. The van der Waals surface area contributed by atoms with Crippen LogP contribution in [0.15, 0.2) is 0 Å². The Hall–Kier alpha value is -0.610. The van der Waals surface area contributed by atoms with Crippen molar-refractivity contribution in [1.82, 2.24) is 4.90 Å². The standard InChI is InChI=1S/C12H23NO3/c1-9(8-16-7-6-12(14)15)11-5-4-10(2)13(11)3/h9-11H,4-8H2,1-3H3,(H,14,15)/t9-,10?,11?/m1/s1. The van der Waals surface area contributed by atoms with E-state index in [1.54, 1.807) is 0 Å². The Kier molecular flexibility index (Phi) is 5.22. The third-order valence-corrected chi connectivity index (χ3v) is 3.60. The lowest BCUT2D eigenvalue weighted by Gasteiger charge is -2.28. The van der Waals surface area contributed by atoms with E-state index in [-0.39, 0.29) is 6.42 Å². The fourth-order valence-electron chi connectivity index (χ4n) is 2.37. The normalized spacial score (nSPS) is 28.2. The minimum atomic E-state index is -0.792. The molecule has 4 heteroatoms. The SMILES string of the molecule is CC1CCC([C@H](C)COCCC(=O)O)N1C. The molecule has 94 valence electrons. The van der Waals surface area contributed by atoms with Gasteiger partial charge in [-0.05, 0) is 32.7 Å². The number of carbonyl (C=O) groups is 1. The zero-order valence-electron chi connectivity index (χ0n) is 10.5. The number of ether oxygens (including phenoxy) is 1. The molecule has 1 aliphatic heterocycles. The maximum atomic E-state index is 10.3. The summed E-state index contributed by atoms with van der Waals surface area (Å²) in [5, 5.41) is 8.48. The van der Waals surface area contributed by atoms with Gasteiger partial charge in [0, 0.05) is 12.1 Å². The minimum Gasteiger partial charge on any atom is -0.481 e. The molecule has 0 saturated carbocycles. The smallest absolute Gasteiger partial charge is 0.305 e. The number of nitrogens with zero attached hydrogens (tertiary/aromatic N) is 1. The molecular formula is C12H23NO3. The summed E-state index contributed by atoms with van der Waals surface area (Å²) < 4.78 is 5.39. The number of hydrogen-bond donors (Lipinski definition) is 1. The molecule has 1 heterocycles. The molecule has 1 saturated heterocycles. The number of aliphatic carboxylic acids is 1. The van der Waals surface area contributed by atoms with Crippen LogP contribution in [0.25, 0.3) is 0 Å². The van der Waals surface area contributed by atoms with Crippen LogP contribution in [0.1, 0.15) is 33.1 Å². The Morgan fingerprint density at radius 2 is 2.25 bits per heavy atom. The molecule has 1 rings (SSSR count). The first kappa shape index (κ1) is 13.5. The van der Waals surface area contributed by atoms with E-state index < -0.39 is 5.97 Å². The second kappa shape index (κ2) is 6.21. The van der Waals surface area contributed by atoms with Gasteiger partial charge >= 0.3 is 5.97 Å². The van der Waals surface area contributed by atoms with Gasteiger partial charge in [0.2, 0.25) is 0 Å². The largest absolute Gasteiger partial charge is 0.481 e. The molecule has 2 unspecified atom stereocenters. The number of carboxylic acids is 1. The lowest BCUT2D eigenvalue weighted by atomic mass is 10.0. The van der Waals surface area contributed by atoms with Gasteiger partial charge in [0.15, 0.2) is 0 Å². The molecule has 1 fully saturated rings. The summed E-state index contributed by atoms with van der Waals surface area (Å²) in [5.41, 5.74) is 0. The van der Waals surface area contributed by atoms with Crippen LogP contribution < -0.4 is 0 Å². The van der Waals surface area contributed by atoms with Gasteiger partial charge in [-0.15, -0.1) is 0 Å². The molecule has 16 heavy (non-hydrogen) atoms. The summed E-state index contributed by atoms with van der Waals surface area (Å²) in [6.45, 7) is 5.42. The molecule has 4 nitrogen and oxygen atoms in total. The molecular weight excluding hydrogens is 206 g/mol. The van der Waals surface area contributed by atoms with Crippen molar-refractivity contribution in [2.75, 3.05) is 20.3 Å². The molecule has 0 radical (unpaired) electrons. The highest BCUT2D eigenvalue weighted by atomic mass is 16.5. The molecule has 0 spiro atoms. The summed E-state index contributed by atoms with van der Waals surface area (Å²) in [7, 11) is 2.16. The molecule has 1 aliphatic rings. The fraction of sp³-hybridized carbons (Fsp3) is 0.917. The van der Waals surface area contributed by atoms with E-state index in [9.17, 15) is 4.79 Å². The summed E-state index contributed by atoms with van der Waals surface area (Å²) in [5.74, 6) is -0.317. The Labute approximate surface area is 97.6 Å². The van der Waals surface area contributed by atoms with Gasteiger partial charge in [-0.25, -0.2) is 0 Å². The highest BCUT2D eigenvalue weighted by molar-refractivity contribution is 5.66. The minimum absolute atomic E-state index is 0.101. The van der Waals surface area contributed by atoms with E-state index in [1.165, 1.54) is 12.8 Å². The second-order valence-corrected chi connectivity index (χ2v) is 4.86. The first-order valence-electron chi connectivity index (χ1n) is 6.04. The van der Waals surface area contributed by atoms with Crippen molar-refractivity contribution in [3.05, 3.63) is 0 Å². The summed E-state index contributed by atoms with van der Waals surface area (Å²) >= 11 is 0. The topological polar surface area (TPSA) is 49.8 Å². The lowest BCUT2D eigenvalue weighted by molar-refractivity contribution is -0.138. The van der Waals surface area contributed by atoms with Gasteiger partial charge in [0.25, 0.3) is 0 Å². The van der Waals surface area contributed by atoms with E-state index >= 15 is 0 Å². The number of rotatable bonds is 6. The molecule has 0 bridgehead atoms. The molecule has 1 N–H and O–H groups in total. The van der Waals surface area contributed by atoms with Crippen LogP contribution >= 0.6 is 0 Å². The second-order valence-electron chi connectivity index (χ2n) is 4.86. The van der Waals surface area contributed by atoms with E-state index in [0.29, 0.717) is 31.2 Å². The van der Waals surface area contributed by atoms with Crippen LogP contribution in [0, 0.1) is 5.92 Å². The van der Waals surface area contributed by atoms with E-state index in [2.05, 4.69) is 25.8 Å². The van der Waals surface area contributed by atoms with Gasteiger partial charge in [-0.2, -0.15) is 0 Å². The van der Waals surface area contributed by atoms with Gasteiger partial charge in [-0.3, -0.25) is 4.79 Å². The first-order valence-corrected chi connectivity index (χ1v) is 6.04. The van der Waals surface area contributed by atoms with Crippen LogP contribution in [-0.2, 0) is 9.53 Å². The monoisotopic (exact) mass is 229 g/mol. The number of carboxylic acid groups (broad SMARTS) is 1. The Balaban J connectivity index is 2.20. The van der Waals surface area contributed by atoms with Crippen LogP contribution in [0.5, 0.6) is 0 Å². The highest BCUT2D eigenvalue weighted by Crippen LogP contribution is 2.27. The van der Waals surface area contributed by atoms with Crippen LogP contribution in [0.3, 0.4) is 0 Å². The third kappa shape index (κ3) is 3.76. The van der Waals surface area contributed by atoms with E-state index in [4.69, 9.17) is 9.84 Å². The quantitative estimate of drug-likeness (QED) is 0.703. The van der Waals surface area contributed by atoms with Crippen molar-refractivity contribution in [3.63, 3.8) is 0 Å². The predicted octanol–water partition coefficient (Wildman–Crippen LogP) is 1.60. The van der Waals surface area contributed by atoms with Gasteiger partial charge < -0.3 is 14.7 Å². The highest BCUT2D eigenvalue weighted by Gasteiger charge is 2.31. The Morgan fingerprint density at radius 3 is 2.75 bits per heavy atom. The zero-order chi connectivity index (χ0) is 12.1. The van der Waals surface area contributed by atoms with Crippen molar-refractivity contribution >= 4 is 5.97 Å². The maximum Gasteiger partial charge on any atom is 0.305 e. The molecule has 0 aliphatic carbocycles. The molecule has 0 aromatic carbocycles.